The van der Waals surface area contributed by atoms with Gasteiger partial charge in [0.2, 0.25) is 5.90 Å². The van der Waals surface area contributed by atoms with Crippen LogP contribution in [0.25, 0.3) is 10.4 Å². The summed E-state index contributed by atoms with van der Waals surface area (Å²) in [6, 6.07) is 24.7. The van der Waals surface area contributed by atoms with Crippen LogP contribution in [0.2, 0.25) is 0 Å². The van der Waals surface area contributed by atoms with Crippen LogP contribution in [0, 0.1) is 0 Å². The second kappa shape index (κ2) is 14.7. The zero-order valence-electron chi connectivity index (χ0n) is 22.3. The Hall–Kier alpha value is -4.37. The van der Waals surface area contributed by atoms with E-state index in [9.17, 15) is 4.79 Å². The maximum absolute atomic E-state index is 13.6. The Labute approximate surface area is 233 Å². The van der Waals surface area contributed by atoms with Gasteiger partial charge in [-0.05, 0) is 60.2 Å². The molecule has 3 N–H and O–H groups in total. The first-order valence-corrected chi connectivity index (χ1v) is 13.4. The van der Waals surface area contributed by atoms with Crippen molar-refractivity contribution in [2.24, 2.45) is 10.1 Å². The molecule has 4 rings (SSSR count). The molecule has 1 aliphatic rings. The van der Waals surface area contributed by atoms with Crippen LogP contribution >= 0.6 is 0 Å². The number of aliphatic hydroxyl groups is 1. The first kappa shape index (κ1) is 28.6. The second-order valence-electron chi connectivity index (χ2n) is 9.51. The van der Waals surface area contributed by atoms with Gasteiger partial charge in [0.15, 0.2) is 5.54 Å². The zero-order chi connectivity index (χ0) is 28.0. The van der Waals surface area contributed by atoms with Gasteiger partial charge >= 0.3 is 0 Å². The largest absolute Gasteiger partial charge is 0.494 e. The molecule has 208 valence electrons. The van der Waals surface area contributed by atoms with E-state index >= 15 is 0 Å². The molecule has 0 aliphatic carbocycles. The lowest BCUT2D eigenvalue weighted by atomic mass is 9.91. The Morgan fingerprint density at radius 1 is 1.05 bits per heavy atom. The van der Waals surface area contributed by atoms with E-state index in [1.807, 2.05) is 42.5 Å². The lowest BCUT2D eigenvalue weighted by Crippen LogP contribution is -2.53. The molecule has 0 spiro atoms. The van der Waals surface area contributed by atoms with E-state index in [1.165, 1.54) is 5.56 Å². The third-order valence-corrected chi connectivity index (χ3v) is 6.55. The maximum atomic E-state index is 13.6. The van der Waals surface area contributed by atoms with Crippen LogP contribution in [0.4, 0.5) is 5.69 Å². The van der Waals surface area contributed by atoms with Crippen LogP contribution in [0.3, 0.4) is 0 Å². The van der Waals surface area contributed by atoms with Gasteiger partial charge in [0, 0.05) is 42.2 Å². The number of nitrogens with one attached hydrogen (secondary N) is 2. The summed E-state index contributed by atoms with van der Waals surface area (Å²) >= 11 is 0. The van der Waals surface area contributed by atoms with Gasteiger partial charge in [-0.2, -0.15) is 0 Å². The molecule has 3 aromatic rings. The Bertz CT molecular complexity index is 1330. The van der Waals surface area contributed by atoms with Crippen molar-refractivity contribution < 1.29 is 19.4 Å². The Morgan fingerprint density at radius 2 is 1.82 bits per heavy atom. The van der Waals surface area contributed by atoms with E-state index in [0.29, 0.717) is 48.0 Å². The molecule has 0 fully saturated rings. The fourth-order valence-electron chi connectivity index (χ4n) is 4.40. The topological polar surface area (TPSA) is 141 Å². The predicted molar refractivity (Wildman–Crippen MR) is 153 cm³/mol. The van der Waals surface area contributed by atoms with E-state index in [2.05, 4.69) is 33.0 Å². The number of hydrazine groups is 1. The van der Waals surface area contributed by atoms with Crippen molar-refractivity contribution in [1.29, 1.82) is 0 Å². The second-order valence-corrected chi connectivity index (χ2v) is 9.51. The summed E-state index contributed by atoms with van der Waals surface area (Å²) in [5.74, 6) is 0.686. The number of ether oxygens (including phenoxy) is 2. The van der Waals surface area contributed by atoms with Gasteiger partial charge < -0.3 is 14.6 Å². The molecule has 10 heteroatoms. The molecule has 1 aliphatic heterocycles. The molecule has 1 amide bonds. The van der Waals surface area contributed by atoms with E-state index in [1.54, 1.807) is 24.3 Å². The molecular formula is C30H34N6O4. The lowest BCUT2D eigenvalue weighted by molar-refractivity contribution is -0.127. The first-order chi connectivity index (χ1) is 19.6. The highest BCUT2D eigenvalue weighted by molar-refractivity contribution is 6.00. The summed E-state index contributed by atoms with van der Waals surface area (Å²) in [7, 11) is 0. The molecule has 3 aromatic carbocycles. The van der Waals surface area contributed by atoms with Gasteiger partial charge in [-0.3, -0.25) is 10.2 Å². The summed E-state index contributed by atoms with van der Waals surface area (Å²) in [5.41, 5.74) is 16.8. The molecule has 1 heterocycles. The number of aryl methyl sites for hydroxylation is 1. The zero-order valence-corrected chi connectivity index (χ0v) is 22.3. The Morgan fingerprint density at radius 3 is 2.60 bits per heavy atom. The number of unbranched alkanes of at least 4 members (excludes halogenated alkanes) is 1. The van der Waals surface area contributed by atoms with Crippen molar-refractivity contribution >= 4 is 17.5 Å². The monoisotopic (exact) mass is 542 g/mol. The van der Waals surface area contributed by atoms with Crippen molar-refractivity contribution in [3.8, 4) is 5.75 Å². The number of rotatable bonds is 15. The number of aliphatic hydroxyl groups excluding tert-OH is 1. The molecule has 0 aromatic heterocycles. The van der Waals surface area contributed by atoms with E-state index in [-0.39, 0.29) is 25.5 Å². The van der Waals surface area contributed by atoms with E-state index in [4.69, 9.17) is 25.1 Å². The number of benzene rings is 3. The number of hydrogen-bond acceptors (Lipinski definition) is 7. The van der Waals surface area contributed by atoms with Crippen LogP contribution in [0.15, 0.2) is 89.0 Å². The van der Waals surface area contributed by atoms with Crippen molar-refractivity contribution in [1.82, 2.24) is 10.9 Å². The fraction of sp³-hybridized carbons (Fsp3) is 0.333. The molecule has 0 saturated heterocycles. The smallest absolute Gasteiger partial charge is 0.266 e. The number of hydrogen-bond donors (Lipinski definition) is 3. The van der Waals surface area contributed by atoms with Crippen LogP contribution in [0.5, 0.6) is 5.75 Å². The highest BCUT2D eigenvalue weighted by Gasteiger charge is 2.45. The number of azide groups is 1. The van der Waals surface area contributed by atoms with Crippen molar-refractivity contribution in [2.75, 3.05) is 26.4 Å². The first-order valence-electron chi connectivity index (χ1n) is 13.4. The average molecular weight is 543 g/mol. The highest BCUT2D eigenvalue weighted by atomic mass is 16.5. The molecule has 0 radical (unpaired) electrons. The maximum Gasteiger partial charge on any atom is 0.266 e. The van der Waals surface area contributed by atoms with Gasteiger partial charge in [-0.25, -0.2) is 10.4 Å². The van der Waals surface area contributed by atoms with Gasteiger partial charge in [0.05, 0.1) is 6.61 Å². The van der Waals surface area contributed by atoms with Gasteiger partial charge in [0.25, 0.3) is 5.91 Å². The van der Waals surface area contributed by atoms with E-state index < -0.39 is 5.54 Å². The minimum absolute atomic E-state index is 0.0310. The third-order valence-electron chi connectivity index (χ3n) is 6.55. The minimum Gasteiger partial charge on any atom is -0.494 e. The quantitative estimate of drug-likeness (QED) is 0.0832. The van der Waals surface area contributed by atoms with Crippen LogP contribution in [0.1, 0.15) is 36.0 Å². The fourth-order valence-corrected chi connectivity index (χ4v) is 4.40. The average Bonchev–Trinajstić information content (AvgIpc) is 3.42. The van der Waals surface area contributed by atoms with Crippen molar-refractivity contribution in [2.45, 2.75) is 37.6 Å². The Kier molecular flexibility index (Phi) is 10.5. The molecule has 0 unspecified atom stereocenters. The van der Waals surface area contributed by atoms with Gasteiger partial charge in [0.1, 0.15) is 12.4 Å². The van der Waals surface area contributed by atoms with Crippen molar-refractivity contribution in [3.63, 3.8) is 0 Å². The van der Waals surface area contributed by atoms with Crippen LogP contribution in [-0.4, -0.2) is 48.8 Å². The number of nitrogens with zero attached hydrogens (tertiary/aromatic N) is 4. The standard InChI is InChI=1S/C30H34N6O4/c31-36-34-27-13-5-4-12-25(27)21-30(29(38)35-32-18-7-6-11-23-9-2-1-3-10-23)22-40-28(33-30)24-14-16-26(17-15-24)39-20-8-19-37/h1-5,9-10,12-17,32,37H,6-8,11,18-22H2,(H,35,38)/t30-/m0/s1. The lowest BCUT2D eigenvalue weighted by Gasteiger charge is -2.24. The van der Waals surface area contributed by atoms with Gasteiger partial charge in [-0.1, -0.05) is 59.7 Å². The molecule has 0 bridgehead atoms. The number of carbonyl (C=O) groups is 1. The van der Waals surface area contributed by atoms with E-state index in [0.717, 1.165) is 19.3 Å². The normalized spacial score (nSPS) is 16.0. The summed E-state index contributed by atoms with van der Waals surface area (Å²) in [6.07, 6.45) is 3.59. The Balaban J connectivity index is 1.45. The summed E-state index contributed by atoms with van der Waals surface area (Å²) in [5, 5.41) is 12.7. The minimum atomic E-state index is -1.26. The number of aliphatic imine (C=N–C) groups is 1. The summed E-state index contributed by atoms with van der Waals surface area (Å²) < 4.78 is 11.6. The SMILES string of the molecule is [N-]=[N+]=Nc1ccccc1C[C@@]1(C(=O)NNCCCCc2ccccc2)COC(c2ccc(OCCCO)cc2)=N1. The molecule has 0 saturated carbocycles. The molecule has 1 atom stereocenters. The molecule has 10 nitrogen and oxygen atoms in total. The molecular weight excluding hydrogens is 508 g/mol. The van der Waals surface area contributed by atoms with Crippen LogP contribution < -0.4 is 15.6 Å². The third kappa shape index (κ3) is 7.83. The number of carbonyl (C=O) groups excluding carboxylic acids is 1. The number of amides is 1. The van der Waals surface area contributed by atoms with Gasteiger partial charge in [-0.15, -0.1) is 0 Å². The summed E-state index contributed by atoms with van der Waals surface area (Å²) in [6.45, 7) is 1.13. The predicted octanol–water partition coefficient (Wildman–Crippen LogP) is 4.79. The summed E-state index contributed by atoms with van der Waals surface area (Å²) in [4.78, 5) is 21.3. The highest BCUT2D eigenvalue weighted by Crippen LogP contribution is 2.31. The molecule has 40 heavy (non-hydrogen) atoms. The van der Waals surface area contributed by atoms with Crippen LogP contribution in [-0.2, 0) is 22.4 Å². The van der Waals surface area contributed by atoms with Crippen molar-refractivity contribution in [3.05, 3.63) is 106 Å².